The van der Waals surface area contributed by atoms with E-state index in [1.54, 1.807) is 11.3 Å². The Morgan fingerprint density at radius 3 is 2.60 bits per heavy atom. The number of thiazole rings is 1. The van der Waals surface area contributed by atoms with Gasteiger partial charge in [0.05, 0.1) is 16.1 Å². The van der Waals surface area contributed by atoms with Gasteiger partial charge in [0, 0.05) is 43.6 Å². The number of likely N-dealkylation sites (tertiary alicyclic amines) is 1. The van der Waals surface area contributed by atoms with Gasteiger partial charge in [0.15, 0.2) is 0 Å². The topological polar surface area (TPSA) is 68.5 Å². The van der Waals surface area contributed by atoms with Gasteiger partial charge in [0.2, 0.25) is 5.91 Å². The predicted octanol–water partition coefficient (Wildman–Crippen LogP) is 3.07. The maximum atomic E-state index is 13.1. The van der Waals surface area contributed by atoms with E-state index in [4.69, 9.17) is 15.5 Å². The third kappa shape index (κ3) is 4.66. The largest absolute Gasteiger partial charge is 0.381 e. The van der Waals surface area contributed by atoms with E-state index >= 15 is 0 Å². The van der Waals surface area contributed by atoms with E-state index in [0.29, 0.717) is 25.7 Å². The summed E-state index contributed by atoms with van der Waals surface area (Å²) in [6, 6.07) is 0. The molecule has 2 N–H and O–H groups in total. The highest BCUT2D eigenvalue weighted by Gasteiger charge is 2.42. The van der Waals surface area contributed by atoms with E-state index in [1.807, 2.05) is 4.90 Å². The van der Waals surface area contributed by atoms with Gasteiger partial charge < -0.3 is 15.4 Å². The fraction of sp³-hybridized carbons (Fsp3) is 0.765. The average molecular weight is 410 g/mol. The van der Waals surface area contributed by atoms with E-state index in [-0.39, 0.29) is 30.7 Å². The fourth-order valence-electron chi connectivity index (χ4n) is 3.64. The van der Waals surface area contributed by atoms with Crippen LogP contribution >= 0.6 is 36.2 Å². The third-order valence-corrected chi connectivity index (χ3v) is 6.63. The second-order valence-corrected chi connectivity index (χ2v) is 8.12. The van der Waals surface area contributed by atoms with Crippen molar-refractivity contribution in [2.24, 2.45) is 11.1 Å². The van der Waals surface area contributed by atoms with Gasteiger partial charge in [-0.15, -0.1) is 36.2 Å². The SMILES string of the molecule is Cc1nc(C2CCCN(C(=O)C3(CN)CCOCC3)C2)sc1C.Cl.Cl. The summed E-state index contributed by atoms with van der Waals surface area (Å²) >= 11 is 1.78. The Balaban J connectivity index is 0.00000156. The molecule has 144 valence electrons. The highest BCUT2D eigenvalue weighted by Crippen LogP contribution is 2.36. The average Bonchev–Trinajstić information content (AvgIpc) is 2.94. The summed E-state index contributed by atoms with van der Waals surface area (Å²) in [4.78, 5) is 21.2. The van der Waals surface area contributed by atoms with Crippen LogP contribution in [0.4, 0.5) is 0 Å². The van der Waals surface area contributed by atoms with Crippen molar-refractivity contribution >= 4 is 42.1 Å². The first kappa shape index (κ1) is 22.6. The Hall–Kier alpha value is -0.400. The zero-order chi connectivity index (χ0) is 16.4. The summed E-state index contributed by atoms with van der Waals surface area (Å²) in [7, 11) is 0. The lowest BCUT2D eigenvalue weighted by Gasteiger charge is -2.41. The normalized spacial score (nSPS) is 22.7. The van der Waals surface area contributed by atoms with Gasteiger partial charge in [-0.05, 0) is 39.5 Å². The van der Waals surface area contributed by atoms with Crippen LogP contribution in [0.15, 0.2) is 0 Å². The second-order valence-electron chi connectivity index (χ2n) is 6.88. The molecule has 0 aliphatic carbocycles. The number of carbonyl (C=O) groups excluding carboxylic acids is 1. The molecule has 1 unspecified atom stereocenters. The smallest absolute Gasteiger partial charge is 0.230 e. The summed E-state index contributed by atoms with van der Waals surface area (Å²) in [5, 5.41) is 1.19. The van der Waals surface area contributed by atoms with Crippen LogP contribution in [0.1, 0.15) is 47.2 Å². The Labute approximate surface area is 166 Å². The summed E-state index contributed by atoms with van der Waals surface area (Å²) in [6.07, 6.45) is 3.66. The molecular weight excluding hydrogens is 381 g/mol. The van der Waals surface area contributed by atoms with Crippen molar-refractivity contribution in [2.45, 2.75) is 45.4 Å². The molecule has 3 heterocycles. The zero-order valence-electron chi connectivity index (χ0n) is 15.0. The van der Waals surface area contributed by atoms with Crippen LogP contribution < -0.4 is 5.73 Å². The van der Waals surface area contributed by atoms with Gasteiger partial charge in [-0.1, -0.05) is 0 Å². The Morgan fingerprint density at radius 2 is 2.04 bits per heavy atom. The first-order chi connectivity index (χ1) is 11.1. The monoisotopic (exact) mass is 409 g/mol. The number of nitrogens with two attached hydrogens (primary N) is 1. The molecule has 0 saturated carbocycles. The minimum absolute atomic E-state index is 0. The number of hydrogen-bond acceptors (Lipinski definition) is 5. The van der Waals surface area contributed by atoms with E-state index in [2.05, 4.69) is 13.8 Å². The van der Waals surface area contributed by atoms with E-state index < -0.39 is 5.41 Å². The number of rotatable bonds is 3. The summed E-state index contributed by atoms with van der Waals surface area (Å²) < 4.78 is 5.44. The van der Waals surface area contributed by atoms with Crippen LogP contribution in [0, 0.1) is 19.3 Å². The first-order valence-electron chi connectivity index (χ1n) is 8.57. The zero-order valence-corrected chi connectivity index (χ0v) is 17.4. The number of amides is 1. The molecule has 1 aromatic heterocycles. The van der Waals surface area contributed by atoms with Crippen LogP contribution in [0.2, 0.25) is 0 Å². The Bertz CT molecular complexity index is 557. The number of aromatic nitrogens is 1. The lowest BCUT2D eigenvalue weighted by Crippen LogP contribution is -2.53. The predicted molar refractivity (Wildman–Crippen MR) is 106 cm³/mol. The minimum atomic E-state index is -0.408. The van der Waals surface area contributed by atoms with Crippen LogP contribution in [0.25, 0.3) is 0 Å². The third-order valence-electron chi connectivity index (χ3n) is 5.40. The maximum absolute atomic E-state index is 13.1. The fourth-order valence-corrected chi connectivity index (χ4v) is 4.69. The van der Waals surface area contributed by atoms with E-state index in [0.717, 1.165) is 44.5 Å². The van der Waals surface area contributed by atoms with Crippen molar-refractivity contribution in [1.29, 1.82) is 0 Å². The number of carbonyl (C=O) groups is 1. The molecule has 0 bridgehead atoms. The van der Waals surface area contributed by atoms with Crippen LogP contribution in [-0.4, -0.2) is 48.6 Å². The number of nitrogens with zero attached hydrogens (tertiary/aromatic N) is 2. The Morgan fingerprint density at radius 1 is 1.36 bits per heavy atom. The number of halogens is 2. The molecule has 5 nitrogen and oxygen atoms in total. The number of aryl methyl sites for hydroxylation is 2. The summed E-state index contributed by atoms with van der Waals surface area (Å²) in [6.45, 7) is 7.53. The standard InChI is InChI=1S/C17H27N3O2S.2ClH/c1-12-13(2)23-15(19-12)14-4-3-7-20(10-14)16(21)17(11-18)5-8-22-9-6-17;;/h14H,3-11,18H2,1-2H3;2*1H. The van der Waals surface area contributed by atoms with Crippen molar-refractivity contribution in [1.82, 2.24) is 9.88 Å². The van der Waals surface area contributed by atoms with Crippen LogP contribution in [0.5, 0.6) is 0 Å². The van der Waals surface area contributed by atoms with E-state index in [9.17, 15) is 4.79 Å². The molecule has 1 aromatic rings. The molecule has 0 spiro atoms. The van der Waals surface area contributed by atoms with E-state index in [1.165, 1.54) is 9.88 Å². The number of ether oxygens (including phenoxy) is 1. The minimum Gasteiger partial charge on any atom is -0.381 e. The maximum Gasteiger partial charge on any atom is 0.230 e. The molecule has 1 atom stereocenters. The molecular formula is C17H29Cl2N3O2S. The molecule has 0 radical (unpaired) electrons. The van der Waals surface area contributed by atoms with Gasteiger partial charge in [-0.2, -0.15) is 0 Å². The van der Waals surface area contributed by atoms with Crippen LogP contribution in [0.3, 0.4) is 0 Å². The van der Waals surface area contributed by atoms with Crippen molar-refractivity contribution < 1.29 is 9.53 Å². The molecule has 0 aromatic carbocycles. The number of hydrogen-bond donors (Lipinski definition) is 1. The van der Waals surface area contributed by atoms with Crippen molar-refractivity contribution in [2.75, 3.05) is 32.8 Å². The molecule has 1 amide bonds. The van der Waals surface area contributed by atoms with Gasteiger partial charge in [-0.25, -0.2) is 4.98 Å². The second kappa shape index (κ2) is 9.51. The van der Waals surface area contributed by atoms with Gasteiger partial charge >= 0.3 is 0 Å². The number of piperidine rings is 1. The molecule has 3 rings (SSSR count). The quantitative estimate of drug-likeness (QED) is 0.832. The lowest BCUT2D eigenvalue weighted by molar-refractivity contribution is -0.148. The van der Waals surface area contributed by atoms with Crippen LogP contribution in [-0.2, 0) is 9.53 Å². The first-order valence-corrected chi connectivity index (χ1v) is 9.38. The summed E-state index contributed by atoms with van der Waals surface area (Å²) in [5.41, 5.74) is 6.72. The molecule has 2 saturated heterocycles. The van der Waals surface area contributed by atoms with Crippen molar-refractivity contribution in [3.8, 4) is 0 Å². The van der Waals surface area contributed by atoms with Gasteiger partial charge in [-0.3, -0.25) is 4.79 Å². The Kier molecular flexibility index (Phi) is 8.61. The lowest BCUT2D eigenvalue weighted by atomic mass is 9.78. The molecule has 25 heavy (non-hydrogen) atoms. The van der Waals surface area contributed by atoms with Crippen molar-refractivity contribution in [3.05, 3.63) is 15.6 Å². The van der Waals surface area contributed by atoms with Gasteiger partial charge in [0.1, 0.15) is 0 Å². The summed E-state index contributed by atoms with van der Waals surface area (Å²) in [5.74, 6) is 0.609. The highest BCUT2D eigenvalue weighted by molar-refractivity contribution is 7.11. The van der Waals surface area contributed by atoms with Crippen molar-refractivity contribution in [3.63, 3.8) is 0 Å². The molecule has 2 aliphatic heterocycles. The van der Waals surface area contributed by atoms with Gasteiger partial charge in [0.25, 0.3) is 0 Å². The molecule has 8 heteroatoms. The molecule has 2 fully saturated rings. The molecule has 2 aliphatic rings. The highest BCUT2D eigenvalue weighted by atomic mass is 35.5.